The van der Waals surface area contributed by atoms with Gasteiger partial charge in [-0.25, -0.2) is 4.57 Å². The first-order valence-corrected chi connectivity index (χ1v) is 8.62. The van der Waals surface area contributed by atoms with Crippen LogP contribution in [0.15, 0.2) is 48.5 Å². The van der Waals surface area contributed by atoms with Gasteiger partial charge in [0.2, 0.25) is 0 Å². The zero-order valence-corrected chi connectivity index (χ0v) is 13.6. The molecular formula is C13H10ClN2O7P. The highest BCUT2D eigenvalue weighted by molar-refractivity contribution is 7.56. The van der Waals surface area contributed by atoms with E-state index in [1.807, 2.05) is 0 Å². The third kappa shape index (κ3) is 4.43. The highest BCUT2D eigenvalue weighted by Crippen LogP contribution is 2.49. The molecule has 0 aromatic heterocycles. The standard InChI is InChI=1S/C13H10ClN2O7P/c14-9-24(21,22-12-5-1-10(2-6-12)15(17)18)23-13-7-3-11(4-8-13)16(19)20/h1-8H,9H2. The van der Waals surface area contributed by atoms with Crippen LogP contribution in [0.2, 0.25) is 0 Å². The third-order valence-electron chi connectivity index (χ3n) is 2.73. The fourth-order valence-electron chi connectivity index (χ4n) is 1.65. The second-order valence-corrected chi connectivity index (χ2v) is 6.96. The van der Waals surface area contributed by atoms with Gasteiger partial charge in [0.25, 0.3) is 11.4 Å². The molecular weight excluding hydrogens is 363 g/mol. The Labute approximate surface area is 140 Å². The van der Waals surface area contributed by atoms with Crippen molar-refractivity contribution in [2.75, 3.05) is 5.62 Å². The number of halogens is 1. The minimum absolute atomic E-state index is 0.0755. The lowest BCUT2D eigenvalue weighted by molar-refractivity contribution is -0.385. The SMILES string of the molecule is O=[N+]([O-])c1ccc(OP(=O)(CCl)Oc2ccc([N+](=O)[O-])cc2)cc1. The minimum atomic E-state index is -3.80. The smallest absolute Gasteiger partial charge is 0.415 e. The van der Waals surface area contributed by atoms with Gasteiger partial charge in [0.1, 0.15) is 17.1 Å². The molecule has 0 saturated heterocycles. The van der Waals surface area contributed by atoms with Crippen LogP contribution in [-0.2, 0) is 4.57 Å². The monoisotopic (exact) mass is 372 g/mol. The zero-order chi connectivity index (χ0) is 17.7. The summed E-state index contributed by atoms with van der Waals surface area (Å²) in [6.07, 6.45) is 0. The van der Waals surface area contributed by atoms with E-state index in [0.717, 1.165) is 0 Å². The maximum absolute atomic E-state index is 12.5. The molecule has 0 atom stereocenters. The first kappa shape index (κ1) is 17.7. The molecule has 0 fully saturated rings. The van der Waals surface area contributed by atoms with E-state index >= 15 is 0 Å². The molecule has 24 heavy (non-hydrogen) atoms. The molecule has 0 bridgehead atoms. The molecule has 126 valence electrons. The van der Waals surface area contributed by atoms with E-state index in [0.29, 0.717) is 0 Å². The Morgan fingerprint density at radius 3 is 1.42 bits per heavy atom. The van der Waals surface area contributed by atoms with Crippen molar-refractivity contribution in [1.82, 2.24) is 0 Å². The van der Waals surface area contributed by atoms with Crippen LogP contribution in [-0.4, -0.2) is 15.5 Å². The quantitative estimate of drug-likeness (QED) is 0.306. The molecule has 0 radical (unpaired) electrons. The van der Waals surface area contributed by atoms with Gasteiger partial charge < -0.3 is 9.05 Å². The van der Waals surface area contributed by atoms with Crippen LogP contribution in [0.5, 0.6) is 11.5 Å². The van der Waals surface area contributed by atoms with Crippen molar-refractivity contribution in [2.45, 2.75) is 0 Å². The van der Waals surface area contributed by atoms with Crippen molar-refractivity contribution in [3.05, 3.63) is 68.8 Å². The maximum atomic E-state index is 12.5. The predicted octanol–water partition coefficient (Wildman–Crippen LogP) is 4.35. The lowest BCUT2D eigenvalue weighted by atomic mass is 10.3. The highest BCUT2D eigenvalue weighted by atomic mass is 35.5. The lowest BCUT2D eigenvalue weighted by Crippen LogP contribution is -2.02. The molecule has 0 aliphatic carbocycles. The van der Waals surface area contributed by atoms with Crippen molar-refractivity contribution in [3.8, 4) is 11.5 Å². The second-order valence-electron chi connectivity index (χ2n) is 4.42. The van der Waals surface area contributed by atoms with E-state index in [1.54, 1.807) is 0 Å². The summed E-state index contributed by atoms with van der Waals surface area (Å²) in [4.78, 5) is 20.0. The molecule has 2 aromatic rings. The lowest BCUT2D eigenvalue weighted by Gasteiger charge is -2.17. The summed E-state index contributed by atoms with van der Waals surface area (Å²) >= 11 is 5.64. The average Bonchev–Trinajstić information content (AvgIpc) is 2.55. The molecule has 2 aromatic carbocycles. The summed E-state index contributed by atoms with van der Waals surface area (Å²) in [6, 6.07) is 9.76. The van der Waals surface area contributed by atoms with Crippen LogP contribution in [0.3, 0.4) is 0 Å². The largest absolute Gasteiger partial charge is 0.445 e. The normalized spacial score (nSPS) is 10.9. The van der Waals surface area contributed by atoms with E-state index in [1.165, 1.54) is 48.5 Å². The van der Waals surface area contributed by atoms with Crippen LogP contribution < -0.4 is 9.05 Å². The van der Waals surface area contributed by atoms with Crippen LogP contribution in [0.4, 0.5) is 11.4 Å². The van der Waals surface area contributed by atoms with E-state index in [4.69, 9.17) is 20.6 Å². The molecule has 0 aliphatic heterocycles. The number of nitrogens with zero attached hydrogens (tertiary/aromatic N) is 2. The molecule has 2 rings (SSSR count). The van der Waals surface area contributed by atoms with Crippen molar-refractivity contribution in [2.24, 2.45) is 0 Å². The van der Waals surface area contributed by atoms with Gasteiger partial charge in [-0.2, -0.15) is 0 Å². The number of alkyl halides is 1. The Kier molecular flexibility index (Phi) is 5.38. The first-order chi connectivity index (χ1) is 11.3. The van der Waals surface area contributed by atoms with Gasteiger partial charge in [-0.3, -0.25) is 20.2 Å². The van der Waals surface area contributed by atoms with Gasteiger partial charge in [-0.1, -0.05) is 0 Å². The van der Waals surface area contributed by atoms with Crippen molar-refractivity contribution < 1.29 is 23.5 Å². The van der Waals surface area contributed by atoms with Crippen molar-refractivity contribution in [1.29, 1.82) is 0 Å². The molecule has 0 unspecified atom stereocenters. The summed E-state index contributed by atoms with van der Waals surface area (Å²) in [5, 5.41) is 21.2. The molecule has 0 heterocycles. The molecule has 0 spiro atoms. The fourth-order valence-corrected chi connectivity index (χ4v) is 2.96. The van der Waals surface area contributed by atoms with Gasteiger partial charge in [-0.15, -0.1) is 11.6 Å². The maximum Gasteiger partial charge on any atom is 0.445 e. The molecule has 0 amide bonds. The Hall–Kier alpha value is -2.64. The zero-order valence-electron chi connectivity index (χ0n) is 11.9. The van der Waals surface area contributed by atoms with Gasteiger partial charge >= 0.3 is 7.60 Å². The van der Waals surface area contributed by atoms with Crippen molar-refractivity contribution >= 4 is 30.6 Å². The second kappa shape index (κ2) is 7.29. The van der Waals surface area contributed by atoms with Crippen LogP contribution in [0, 0.1) is 20.2 Å². The number of benzene rings is 2. The minimum Gasteiger partial charge on any atom is -0.415 e. The van der Waals surface area contributed by atoms with E-state index in [2.05, 4.69) is 0 Å². The molecule has 0 N–H and O–H groups in total. The molecule has 9 nitrogen and oxygen atoms in total. The van der Waals surface area contributed by atoms with Gasteiger partial charge in [0.05, 0.1) is 9.85 Å². The van der Waals surface area contributed by atoms with E-state index in [9.17, 15) is 24.8 Å². The number of nitro groups is 2. The summed E-state index contributed by atoms with van der Waals surface area (Å²) in [6.45, 7) is 0. The topological polar surface area (TPSA) is 122 Å². The fraction of sp³-hybridized carbons (Fsp3) is 0.0769. The third-order valence-corrected chi connectivity index (χ3v) is 4.88. The van der Waals surface area contributed by atoms with Crippen LogP contribution in [0.25, 0.3) is 0 Å². The number of non-ortho nitro benzene ring substituents is 2. The molecule has 0 aliphatic rings. The summed E-state index contributed by atoms with van der Waals surface area (Å²) < 4.78 is 22.9. The number of hydrogen-bond acceptors (Lipinski definition) is 7. The number of rotatable bonds is 7. The van der Waals surface area contributed by atoms with Crippen LogP contribution >= 0.6 is 19.2 Å². The average molecular weight is 373 g/mol. The number of nitro benzene ring substituents is 2. The number of hydrogen-bond donors (Lipinski definition) is 0. The van der Waals surface area contributed by atoms with Gasteiger partial charge in [0.15, 0.2) is 0 Å². The summed E-state index contributed by atoms with van der Waals surface area (Å²) in [7, 11) is -3.80. The Morgan fingerprint density at radius 1 is 0.833 bits per heavy atom. The van der Waals surface area contributed by atoms with Gasteiger partial charge in [0, 0.05) is 24.3 Å². The summed E-state index contributed by atoms with van der Waals surface area (Å²) in [5.41, 5.74) is -0.792. The van der Waals surface area contributed by atoms with E-state index < -0.39 is 23.1 Å². The Balaban J connectivity index is 2.14. The first-order valence-electron chi connectivity index (χ1n) is 6.36. The Bertz CT molecular complexity index is 731. The van der Waals surface area contributed by atoms with Crippen molar-refractivity contribution in [3.63, 3.8) is 0 Å². The van der Waals surface area contributed by atoms with Crippen LogP contribution in [0.1, 0.15) is 0 Å². The molecule has 11 heteroatoms. The summed E-state index contributed by atoms with van der Waals surface area (Å²) in [5.74, 6) is 0.151. The highest BCUT2D eigenvalue weighted by Gasteiger charge is 2.27. The predicted molar refractivity (Wildman–Crippen MR) is 85.8 cm³/mol. The Morgan fingerprint density at radius 2 is 1.17 bits per heavy atom. The molecule has 0 saturated carbocycles. The van der Waals surface area contributed by atoms with E-state index in [-0.39, 0.29) is 22.9 Å². The van der Waals surface area contributed by atoms with Gasteiger partial charge in [-0.05, 0) is 24.3 Å².